The lowest BCUT2D eigenvalue weighted by atomic mass is 10.2. The van der Waals surface area contributed by atoms with E-state index in [4.69, 9.17) is 4.42 Å². The van der Waals surface area contributed by atoms with Crippen molar-refractivity contribution in [3.8, 4) is 0 Å². The van der Waals surface area contributed by atoms with E-state index < -0.39 is 0 Å². The number of para-hydroxylation sites is 1. The highest BCUT2D eigenvalue weighted by Crippen LogP contribution is 2.19. The number of benzene rings is 1. The molecule has 3 aromatic rings. The summed E-state index contributed by atoms with van der Waals surface area (Å²) in [6.07, 6.45) is 1.69. The molecule has 1 aromatic carbocycles. The number of rotatable bonds is 3. The van der Waals surface area contributed by atoms with Gasteiger partial charge in [0.2, 0.25) is 5.78 Å². The third-order valence-corrected chi connectivity index (χ3v) is 3.36. The summed E-state index contributed by atoms with van der Waals surface area (Å²) in [5.74, 6) is 0.351. The van der Waals surface area contributed by atoms with Gasteiger partial charge in [0, 0.05) is 11.1 Å². The molecule has 0 radical (unpaired) electrons. The standard InChI is InChI=1S/C15H14N2O2/c1-10-11(2)17(9-16-10)8-13(18)15-7-12-5-3-4-6-14(12)19-15/h3-7,9H,8H2,1-2H3. The van der Waals surface area contributed by atoms with Crippen LogP contribution in [0.15, 0.2) is 41.1 Å². The Labute approximate surface area is 110 Å². The Morgan fingerprint density at radius 3 is 2.79 bits per heavy atom. The van der Waals surface area contributed by atoms with E-state index in [0.717, 1.165) is 22.4 Å². The Balaban J connectivity index is 1.89. The Kier molecular flexibility index (Phi) is 2.71. The molecule has 19 heavy (non-hydrogen) atoms. The highest BCUT2D eigenvalue weighted by Gasteiger charge is 2.14. The molecule has 3 rings (SSSR count). The smallest absolute Gasteiger partial charge is 0.217 e. The molecular formula is C15H14N2O2. The van der Waals surface area contributed by atoms with E-state index in [1.807, 2.05) is 42.7 Å². The van der Waals surface area contributed by atoms with Crippen molar-refractivity contribution in [1.29, 1.82) is 0 Å². The van der Waals surface area contributed by atoms with Crippen molar-refractivity contribution >= 4 is 16.8 Å². The second-order valence-electron chi connectivity index (χ2n) is 4.61. The maximum atomic E-state index is 12.2. The second-order valence-corrected chi connectivity index (χ2v) is 4.61. The molecule has 0 spiro atoms. The van der Waals surface area contributed by atoms with Crippen LogP contribution in [0.4, 0.5) is 0 Å². The molecule has 0 aliphatic rings. The normalized spacial score (nSPS) is 11.1. The first kappa shape index (κ1) is 11.7. The first-order chi connectivity index (χ1) is 9.15. The molecule has 0 aliphatic carbocycles. The van der Waals surface area contributed by atoms with Crippen molar-refractivity contribution in [3.63, 3.8) is 0 Å². The summed E-state index contributed by atoms with van der Waals surface area (Å²) in [6, 6.07) is 9.40. The molecule has 4 nitrogen and oxygen atoms in total. The lowest BCUT2D eigenvalue weighted by Gasteiger charge is -2.02. The van der Waals surface area contributed by atoms with Gasteiger partial charge in [0.15, 0.2) is 5.76 Å². The zero-order chi connectivity index (χ0) is 13.4. The van der Waals surface area contributed by atoms with E-state index in [0.29, 0.717) is 5.76 Å². The van der Waals surface area contributed by atoms with E-state index in [1.165, 1.54) is 0 Å². The largest absolute Gasteiger partial charge is 0.453 e. The fourth-order valence-corrected chi connectivity index (χ4v) is 2.06. The SMILES string of the molecule is Cc1ncn(CC(=O)c2cc3ccccc3o2)c1C. The summed E-state index contributed by atoms with van der Waals surface area (Å²) in [6.45, 7) is 4.14. The van der Waals surface area contributed by atoms with E-state index in [1.54, 1.807) is 12.4 Å². The van der Waals surface area contributed by atoms with E-state index in [9.17, 15) is 4.79 Å². The van der Waals surface area contributed by atoms with Gasteiger partial charge < -0.3 is 8.98 Å². The van der Waals surface area contributed by atoms with Crippen molar-refractivity contribution in [1.82, 2.24) is 9.55 Å². The number of hydrogen-bond donors (Lipinski definition) is 0. The van der Waals surface area contributed by atoms with Gasteiger partial charge in [-0.25, -0.2) is 4.98 Å². The summed E-state index contributed by atoms with van der Waals surface area (Å²) in [5.41, 5.74) is 2.69. The van der Waals surface area contributed by atoms with Crippen LogP contribution in [0.2, 0.25) is 0 Å². The number of ketones is 1. The number of aromatic nitrogens is 2. The van der Waals surface area contributed by atoms with Crippen molar-refractivity contribution in [3.05, 3.63) is 53.8 Å². The molecule has 0 unspecified atom stereocenters. The monoisotopic (exact) mass is 254 g/mol. The van der Waals surface area contributed by atoms with Crippen LogP contribution < -0.4 is 0 Å². The Hall–Kier alpha value is -2.36. The third kappa shape index (κ3) is 2.05. The van der Waals surface area contributed by atoms with Gasteiger partial charge in [-0.15, -0.1) is 0 Å². The highest BCUT2D eigenvalue weighted by molar-refractivity contribution is 5.97. The van der Waals surface area contributed by atoms with Gasteiger partial charge in [-0.1, -0.05) is 18.2 Å². The van der Waals surface area contributed by atoms with Gasteiger partial charge in [-0.3, -0.25) is 4.79 Å². The number of nitrogens with zero attached hydrogens (tertiary/aromatic N) is 2. The molecular weight excluding hydrogens is 240 g/mol. The summed E-state index contributed by atoms with van der Waals surface area (Å²) < 4.78 is 7.40. The van der Waals surface area contributed by atoms with Crippen molar-refractivity contribution < 1.29 is 9.21 Å². The molecule has 0 atom stereocenters. The highest BCUT2D eigenvalue weighted by atomic mass is 16.3. The fraction of sp³-hybridized carbons (Fsp3) is 0.200. The van der Waals surface area contributed by atoms with E-state index in [-0.39, 0.29) is 12.3 Å². The van der Waals surface area contributed by atoms with Crippen LogP contribution in [0.5, 0.6) is 0 Å². The number of hydrogen-bond acceptors (Lipinski definition) is 3. The molecule has 0 amide bonds. The van der Waals surface area contributed by atoms with Gasteiger partial charge in [0.25, 0.3) is 0 Å². The summed E-state index contributed by atoms with van der Waals surface area (Å²) >= 11 is 0. The molecule has 96 valence electrons. The average molecular weight is 254 g/mol. The molecule has 0 bridgehead atoms. The van der Waals surface area contributed by atoms with Crippen LogP contribution >= 0.6 is 0 Å². The fourth-order valence-electron chi connectivity index (χ4n) is 2.06. The maximum Gasteiger partial charge on any atom is 0.217 e. The third-order valence-electron chi connectivity index (χ3n) is 3.36. The lowest BCUT2D eigenvalue weighted by Crippen LogP contribution is -2.10. The first-order valence-electron chi connectivity index (χ1n) is 6.15. The number of imidazole rings is 1. The topological polar surface area (TPSA) is 48.0 Å². The van der Waals surface area contributed by atoms with Gasteiger partial charge in [-0.2, -0.15) is 0 Å². The van der Waals surface area contributed by atoms with Gasteiger partial charge in [-0.05, 0) is 26.0 Å². The number of fused-ring (bicyclic) bond motifs is 1. The van der Waals surface area contributed by atoms with Crippen LogP contribution in [-0.4, -0.2) is 15.3 Å². The zero-order valence-electron chi connectivity index (χ0n) is 10.9. The first-order valence-corrected chi connectivity index (χ1v) is 6.15. The molecule has 0 aliphatic heterocycles. The van der Waals surface area contributed by atoms with Crippen LogP contribution in [0.25, 0.3) is 11.0 Å². The van der Waals surface area contributed by atoms with Gasteiger partial charge >= 0.3 is 0 Å². The van der Waals surface area contributed by atoms with Crippen LogP contribution in [0.3, 0.4) is 0 Å². The number of furan rings is 1. The van der Waals surface area contributed by atoms with E-state index >= 15 is 0 Å². The minimum atomic E-state index is -0.0447. The predicted molar refractivity (Wildman–Crippen MR) is 72.2 cm³/mol. The minimum Gasteiger partial charge on any atom is -0.453 e. The molecule has 2 heterocycles. The molecule has 4 heteroatoms. The molecule has 2 aromatic heterocycles. The van der Waals surface area contributed by atoms with Crippen molar-refractivity contribution in [2.45, 2.75) is 20.4 Å². The molecule has 0 saturated carbocycles. The number of carbonyl (C=O) groups excluding carboxylic acids is 1. The summed E-state index contributed by atoms with van der Waals surface area (Å²) in [7, 11) is 0. The quantitative estimate of drug-likeness (QED) is 0.675. The van der Waals surface area contributed by atoms with E-state index in [2.05, 4.69) is 4.98 Å². The Bertz CT molecular complexity index is 719. The van der Waals surface area contributed by atoms with Crippen LogP contribution in [-0.2, 0) is 6.54 Å². The second kappa shape index (κ2) is 4.39. The zero-order valence-corrected chi connectivity index (χ0v) is 10.9. The van der Waals surface area contributed by atoms with Crippen LogP contribution in [0.1, 0.15) is 21.9 Å². The predicted octanol–water partition coefficient (Wildman–Crippen LogP) is 3.13. The maximum absolute atomic E-state index is 12.2. The number of carbonyl (C=O) groups is 1. The van der Waals surface area contributed by atoms with Crippen molar-refractivity contribution in [2.24, 2.45) is 0 Å². The Morgan fingerprint density at radius 2 is 2.11 bits per heavy atom. The van der Waals surface area contributed by atoms with Gasteiger partial charge in [0.1, 0.15) is 5.58 Å². The molecule has 0 fully saturated rings. The molecule has 0 saturated heterocycles. The number of Topliss-reactive ketones (excluding diaryl/α,β-unsaturated/α-hetero) is 1. The average Bonchev–Trinajstić information content (AvgIpc) is 2.97. The van der Waals surface area contributed by atoms with Gasteiger partial charge in [0.05, 0.1) is 18.6 Å². The summed E-state index contributed by atoms with van der Waals surface area (Å²) in [5, 5.41) is 0.949. The molecule has 0 N–H and O–H groups in total. The summed E-state index contributed by atoms with van der Waals surface area (Å²) in [4.78, 5) is 16.4. The minimum absolute atomic E-state index is 0.0447. The lowest BCUT2D eigenvalue weighted by molar-refractivity contribution is 0.0946. The number of aryl methyl sites for hydroxylation is 1. The van der Waals surface area contributed by atoms with Crippen molar-refractivity contribution in [2.75, 3.05) is 0 Å². The Morgan fingerprint density at radius 1 is 1.32 bits per heavy atom. The van der Waals surface area contributed by atoms with Crippen LogP contribution in [0, 0.1) is 13.8 Å².